The second-order valence-electron chi connectivity index (χ2n) is 6.55. The largest absolute Gasteiger partial charge is 0.379 e. The van der Waals surface area contributed by atoms with Crippen LogP contribution >= 0.6 is 35.7 Å². The Bertz CT molecular complexity index is 512. The Balaban J connectivity index is 0.00000364. The Kier molecular flexibility index (Phi) is 14.0. The van der Waals surface area contributed by atoms with Crippen LogP contribution in [0.2, 0.25) is 0 Å². The lowest BCUT2D eigenvalue weighted by molar-refractivity contribution is 0.0372. The molecule has 1 aliphatic rings. The molecular weight excluding hydrogens is 471 g/mol. The maximum Gasteiger partial charge on any atom is 0.191 e. The average Bonchev–Trinajstić information content (AvgIpc) is 2.67. The summed E-state index contributed by atoms with van der Waals surface area (Å²) >= 11 is 1.87. The van der Waals surface area contributed by atoms with Crippen molar-refractivity contribution in [1.82, 2.24) is 15.5 Å². The number of nitrogens with one attached hydrogen (secondary N) is 2. The van der Waals surface area contributed by atoms with E-state index in [1.807, 2.05) is 11.8 Å². The van der Waals surface area contributed by atoms with Crippen LogP contribution in [0.3, 0.4) is 0 Å². The third kappa shape index (κ3) is 11.2. The molecule has 1 heterocycles. The molecule has 0 amide bonds. The minimum atomic E-state index is 0. The van der Waals surface area contributed by atoms with Gasteiger partial charge < -0.3 is 15.4 Å². The summed E-state index contributed by atoms with van der Waals surface area (Å²) in [5, 5.41) is 7.26. The highest BCUT2D eigenvalue weighted by atomic mass is 127. The summed E-state index contributed by atoms with van der Waals surface area (Å²) in [4.78, 5) is 8.54. The van der Waals surface area contributed by atoms with E-state index in [2.05, 4.69) is 59.7 Å². The summed E-state index contributed by atoms with van der Waals surface area (Å²) in [5.74, 6) is 0.930. The molecule has 1 aromatic carbocycles. The fourth-order valence-corrected chi connectivity index (χ4v) is 3.75. The predicted octanol–water partition coefficient (Wildman–Crippen LogP) is 3.45. The Morgan fingerprint density at radius 1 is 1.19 bits per heavy atom. The lowest BCUT2D eigenvalue weighted by atomic mass is 10.3. The molecule has 1 unspecified atom stereocenters. The van der Waals surface area contributed by atoms with Crippen LogP contribution in [0.25, 0.3) is 0 Å². The molecular formula is C20H35IN4OS. The number of guanidine groups is 1. The number of thioether (sulfide) groups is 1. The number of aliphatic imine (C=N–C) groups is 1. The summed E-state index contributed by atoms with van der Waals surface area (Å²) in [6.07, 6.45) is 2.38. The lowest BCUT2D eigenvalue weighted by Crippen LogP contribution is -2.39. The monoisotopic (exact) mass is 506 g/mol. The normalized spacial score (nSPS) is 16.4. The van der Waals surface area contributed by atoms with Gasteiger partial charge in [0.15, 0.2) is 5.96 Å². The van der Waals surface area contributed by atoms with Gasteiger partial charge in [-0.2, -0.15) is 0 Å². The minimum absolute atomic E-state index is 0. The van der Waals surface area contributed by atoms with Gasteiger partial charge in [0, 0.05) is 36.3 Å². The molecule has 0 aliphatic carbocycles. The predicted molar refractivity (Wildman–Crippen MR) is 128 cm³/mol. The average molecular weight is 506 g/mol. The molecule has 7 heteroatoms. The summed E-state index contributed by atoms with van der Waals surface area (Å²) in [5.41, 5.74) is 0. The second-order valence-corrected chi connectivity index (χ2v) is 8.06. The van der Waals surface area contributed by atoms with E-state index in [4.69, 9.17) is 9.73 Å². The van der Waals surface area contributed by atoms with Crippen LogP contribution in [0.15, 0.2) is 40.2 Å². The van der Waals surface area contributed by atoms with E-state index >= 15 is 0 Å². The van der Waals surface area contributed by atoms with Gasteiger partial charge in [0.2, 0.25) is 0 Å². The Morgan fingerprint density at radius 2 is 1.93 bits per heavy atom. The molecule has 1 aromatic rings. The molecule has 1 aliphatic heterocycles. The van der Waals surface area contributed by atoms with Gasteiger partial charge in [0.1, 0.15) is 0 Å². The molecule has 1 saturated heterocycles. The number of benzene rings is 1. The first-order valence-electron chi connectivity index (χ1n) is 9.82. The standard InChI is InChI=1S/C20H34N4OS.HI/c1-3-21-20(22-11-7-8-12-24-13-15-25-16-14-24)23-17-18(2)26-19-9-5-4-6-10-19;/h4-6,9-10,18H,3,7-8,11-17H2,1-2H3,(H2,21,22,23);1H. The van der Waals surface area contributed by atoms with Gasteiger partial charge in [-0.25, -0.2) is 0 Å². The lowest BCUT2D eigenvalue weighted by Gasteiger charge is -2.26. The smallest absolute Gasteiger partial charge is 0.191 e. The highest BCUT2D eigenvalue weighted by molar-refractivity contribution is 14.0. The van der Waals surface area contributed by atoms with Crippen molar-refractivity contribution in [2.75, 3.05) is 52.5 Å². The number of ether oxygens (including phenoxy) is 1. The van der Waals surface area contributed by atoms with Gasteiger partial charge in [-0.05, 0) is 38.4 Å². The molecule has 2 rings (SSSR count). The van der Waals surface area contributed by atoms with E-state index in [1.54, 1.807) is 0 Å². The highest BCUT2D eigenvalue weighted by Gasteiger charge is 2.09. The van der Waals surface area contributed by atoms with Gasteiger partial charge in [-0.1, -0.05) is 25.1 Å². The van der Waals surface area contributed by atoms with Crippen LogP contribution in [0.5, 0.6) is 0 Å². The number of hydrogen-bond donors (Lipinski definition) is 2. The Labute approximate surface area is 186 Å². The maximum atomic E-state index is 5.39. The van der Waals surface area contributed by atoms with Crippen LogP contribution in [0.4, 0.5) is 0 Å². The highest BCUT2D eigenvalue weighted by Crippen LogP contribution is 2.22. The van der Waals surface area contributed by atoms with Crippen LogP contribution in [0, 0.1) is 0 Å². The summed E-state index contributed by atoms with van der Waals surface area (Å²) in [6, 6.07) is 10.5. The first-order valence-corrected chi connectivity index (χ1v) is 10.7. The van der Waals surface area contributed by atoms with Gasteiger partial charge in [-0.3, -0.25) is 9.89 Å². The Morgan fingerprint density at radius 3 is 2.63 bits per heavy atom. The van der Waals surface area contributed by atoms with Gasteiger partial charge in [0.05, 0.1) is 19.8 Å². The zero-order valence-corrected chi connectivity index (χ0v) is 19.8. The van der Waals surface area contributed by atoms with Crippen molar-refractivity contribution in [1.29, 1.82) is 0 Å². The molecule has 1 atom stereocenters. The Hall–Kier alpha value is -0.510. The molecule has 5 nitrogen and oxygen atoms in total. The molecule has 0 aromatic heterocycles. The van der Waals surface area contributed by atoms with Crippen LogP contribution in [-0.2, 0) is 4.74 Å². The molecule has 154 valence electrons. The van der Waals surface area contributed by atoms with Crippen molar-refractivity contribution in [3.63, 3.8) is 0 Å². The summed E-state index contributed by atoms with van der Waals surface area (Å²) in [7, 11) is 0. The number of morpholine rings is 1. The van der Waals surface area contributed by atoms with Crippen molar-refractivity contribution in [2.24, 2.45) is 4.99 Å². The maximum absolute atomic E-state index is 5.39. The quantitative estimate of drug-likeness (QED) is 0.167. The molecule has 1 fully saturated rings. The van der Waals surface area contributed by atoms with E-state index in [0.717, 1.165) is 58.3 Å². The zero-order chi connectivity index (χ0) is 18.5. The molecule has 2 N–H and O–H groups in total. The molecule has 0 bridgehead atoms. The van der Waals surface area contributed by atoms with E-state index in [-0.39, 0.29) is 24.0 Å². The van der Waals surface area contributed by atoms with Gasteiger partial charge >= 0.3 is 0 Å². The topological polar surface area (TPSA) is 48.9 Å². The van der Waals surface area contributed by atoms with E-state index < -0.39 is 0 Å². The number of halogens is 1. The molecule has 27 heavy (non-hydrogen) atoms. The number of hydrogen-bond acceptors (Lipinski definition) is 4. The molecule has 0 saturated carbocycles. The van der Waals surface area contributed by atoms with Crippen molar-refractivity contribution in [2.45, 2.75) is 36.8 Å². The van der Waals surface area contributed by atoms with Gasteiger partial charge in [-0.15, -0.1) is 35.7 Å². The second kappa shape index (κ2) is 15.4. The van der Waals surface area contributed by atoms with E-state index in [0.29, 0.717) is 5.25 Å². The van der Waals surface area contributed by atoms with Crippen LogP contribution in [0.1, 0.15) is 26.7 Å². The molecule has 0 radical (unpaired) electrons. The number of unbranched alkanes of at least 4 members (excludes halogenated alkanes) is 1. The van der Waals surface area contributed by atoms with E-state index in [1.165, 1.54) is 17.9 Å². The van der Waals surface area contributed by atoms with Crippen LogP contribution < -0.4 is 10.6 Å². The third-order valence-electron chi connectivity index (χ3n) is 4.23. The van der Waals surface area contributed by atoms with E-state index in [9.17, 15) is 0 Å². The van der Waals surface area contributed by atoms with Crippen molar-refractivity contribution in [3.05, 3.63) is 30.3 Å². The first kappa shape index (κ1) is 24.5. The fraction of sp³-hybridized carbons (Fsp3) is 0.650. The third-order valence-corrected chi connectivity index (χ3v) is 5.32. The molecule has 0 spiro atoms. The summed E-state index contributed by atoms with van der Waals surface area (Å²) in [6.45, 7) is 12.1. The van der Waals surface area contributed by atoms with Crippen molar-refractivity contribution in [3.8, 4) is 0 Å². The summed E-state index contributed by atoms with van der Waals surface area (Å²) < 4.78 is 5.39. The van der Waals surface area contributed by atoms with Gasteiger partial charge in [0.25, 0.3) is 0 Å². The zero-order valence-electron chi connectivity index (χ0n) is 16.7. The number of nitrogens with zero attached hydrogens (tertiary/aromatic N) is 2. The van der Waals surface area contributed by atoms with Crippen molar-refractivity contribution >= 4 is 41.7 Å². The first-order chi connectivity index (χ1) is 12.8. The SMILES string of the molecule is CCNC(=NCC(C)Sc1ccccc1)NCCCCN1CCOCC1.I. The minimum Gasteiger partial charge on any atom is -0.379 e. The van der Waals surface area contributed by atoms with Crippen LogP contribution in [-0.4, -0.2) is 68.6 Å². The fourth-order valence-electron chi connectivity index (χ4n) is 2.82. The number of rotatable bonds is 10. The van der Waals surface area contributed by atoms with Crippen molar-refractivity contribution < 1.29 is 4.74 Å².